The van der Waals surface area contributed by atoms with Crippen LogP contribution in [0.5, 0.6) is 5.88 Å². The van der Waals surface area contributed by atoms with Crippen LogP contribution in [0.2, 0.25) is 0 Å². The van der Waals surface area contributed by atoms with Gasteiger partial charge in [-0.2, -0.15) is 0 Å². The third kappa shape index (κ3) is 3.81. The summed E-state index contributed by atoms with van der Waals surface area (Å²) in [4.78, 5) is 16.5. The second-order valence-electron chi connectivity index (χ2n) is 4.42. The standard InChI is InChI=1S/C15H17NO3S/c1-4-18-15(17)19-14-11(3)20-13(16-14)9-12-7-5-6-10(2)8-12/h5-8H,4,9H2,1-3H3. The van der Waals surface area contributed by atoms with Gasteiger partial charge < -0.3 is 9.47 Å². The maximum Gasteiger partial charge on any atom is 0.515 e. The van der Waals surface area contributed by atoms with Gasteiger partial charge in [0.15, 0.2) is 0 Å². The highest BCUT2D eigenvalue weighted by molar-refractivity contribution is 7.11. The molecular formula is C15H17NO3S. The first kappa shape index (κ1) is 14.5. The topological polar surface area (TPSA) is 48.4 Å². The highest BCUT2D eigenvalue weighted by Crippen LogP contribution is 2.26. The SMILES string of the molecule is CCOC(=O)Oc1nc(Cc2cccc(C)c2)sc1C. The van der Waals surface area contributed by atoms with Crippen LogP contribution < -0.4 is 4.74 Å². The van der Waals surface area contributed by atoms with E-state index in [1.165, 1.54) is 22.5 Å². The molecule has 0 fully saturated rings. The molecule has 0 aliphatic rings. The van der Waals surface area contributed by atoms with E-state index in [0.29, 0.717) is 5.88 Å². The van der Waals surface area contributed by atoms with Crippen LogP contribution in [-0.4, -0.2) is 17.7 Å². The van der Waals surface area contributed by atoms with Gasteiger partial charge in [-0.3, -0.25) is 0 Å². The van der Waals surface area contributed by atoms with E-state index < -0.39 is 6.16 Å². The largest absolute Gasteiger partial charge is 0.515 e. The third-order valence-corrected chi connectivity index (χ3v) is 3.63. The van der Waals surface area contributed by atoms with Gasteiger partial charge in [0.05, 0.1) is 11.5 Å². The number of thiazole rings is 1. The predicted molar refractivity (Wildman–Crippen MR) is 78.5 cm³/mol. The molecule has 1 aromatic heterocycles. The number of nitrogens with zero attached hydrogens (tertiary/aromatic N) is 1. The van der Waals surface area contributed by atoms with Gasteiger partial charge in [0.1, 0.15) is 5.01 Å². The molecule has 2 rings (SSSR count). The second-order valence-corrected chi connectivity index (χ2v) is 5.71. The molecule has 4 nitrogen and oxygen atoms in total. The minimum absolute atomic E-state index is 0.290. The molecule has 0 aliphatic heterocycles. The average Bonchev–Trinajstić information content (AvgIpc) is 2.69. The van der Waals surface area contributed by atoms with Crippen molar-refractivity contribution in [3.8, 4) is 5.88 Å². The second kappa shape index (κ2) is 6.52. The number of carbonyl (C=O) groups excluding carboxylic acids is 1. The first-order valence-corrected chi connectivity index (χ1v) is 7.26. The number of aromatic nitrogens is 1. The van der Waals surface area contributed by atoms with Crippen LogP contribution in [0.25, 0.3) is 0 Å². The molecule has 0 bridgehead atoms. The molecular weight excluding hydrogens is 274 g/mol. The van der Waals surface area contributed by atoms with E-state index in [0.717, 1.165) is 16.3 Å². The Hall–Kier alpha value is -1.88. The van der Waals surface area contributed by atoms with Gasteiger partial charge in [-0.15, -0.1) is 11.3 Å². The monoisotopic (exact) mass is 291 g/mol. The fourth-order valence-corrected chi connectivity index (χ4v) is 2.72. The van der Waals surface area contributed by atoms with E-state index >= 15 is 0 Å². The summed E-state index contributed by atoms with van der Waals surface area (Å²) < 4.78 is 9.81. The lowest BCUT2D eigenvalue weighted by Crippen LogP contribution is -2.10. The number of aryl methyl sites for hydroxylation is 2. The fraction of sp³-hybridized carbons (Fsp3) is 0.333. The molecule has 0 saturated carbocycles. The molecule has 1 aromatic carbocycles. The lowest BCUT2D eigenvalue weighted by atomic mass is 10.1. The highest BCUT2D eigenvalue weighted by atomic mass is 32.1. The minimum Gasteiger partial charge on any atom is -0.434 e. The van der Waals surface area contributed by atoms with Crippen molar-refractivity contribution in [1.29, 1.82) is 0 Å². The van der Waals surface area contributed by atoms with Crippen molar-refractivity contribution in [2.75, 3.05) is 6.61 Å². The van der Waals surface area contributed by atoms with Crippen LogP contribution >= 0.6 is 11.3 Å². The summed E-state index contributed by atoms with van der Waals surface area (Å²) in [6.45, 7) is 5.97. The molecule has 5 heteroatoms. The molecule has 0 unspecified atom stereocenters. The number of carbonyl (C=O) groups is 1. The van der Waals surface area contributed by atoms with E-state index in [-0.39, 0.29) is 6.61 Å². The van der Waals surface area contributed by atoms with Gasteiger partial charge in [-0.05, 0) is 26.3 Å². The summed E-state index contributed by atoms with van der Waals surface area (Å²) in [6, 6.07) is 8.28. The van der Waals surface area contributed by atoms with Crippen molar-refractivity contribution in [3.05, 3.63) is 45.3 Å². The Balaban J connectivity index is 2.09. The van der Waals surface area contributed by atoms with Crippen molar-refractivity contribution in [2.24, 2.45) is 0 Å². The summed E-state index contributed by atoms with van der Waals surface area (Å²) in [5.74, 6) is 0.344. The average molecular weight is 291 g/mol. The van der Waals surface area contributed by atoms with Gasteiger partial charge in [0.25, 0.3) is 0 Å². The van der Waals surface area contributed by atoms with Crippen LogP contribution in [0, 0.1) is 13.8 Å². The van der Waals surface area contributed by atoms with E-state index in [9.17, 15) is 4.79 Å². The molecule has 2 aromatic rings. The molecule has 0 aliphatic carbocycles. The minimum atomic E-state index is -0.706. The van der Waals surface area contributed by atoms with Crippen LogP contribution in [0.1, 0.15) is 27.9 Å². The summed E-state index contributed by atoms with van der Waals surface area (Å²) in [5, 5.41) is 0.924. The van der Waals surface area contributed by atoms with Gasteiger partial charge >= 0.3 is 6.16 Å². The molecule has 0 N–H and O–H groups in total. The van der Waals surface area contributed by atoms with Crippen molar-refractivity contribution in [2.45, 2.75) is 27.2 Å². The Kier molecular flexibility index (Phi) is 4.74. The Morgan fingerprint density at radius 2 is 2.15 bits per heavy atom. The molecule has 0 amide bonds. The summed E-state index contributed by atoms with van der Waals surface area (Å²) >= 11 is 1.53. The fourth-order valence-electron chi connectivity index (χ4n) is 1.83. The maximum atomic E-state index is 11.3. The predicted octanol–water partition coefficient (Wildman–Crippen LogP) is 3.89. The summed E-state index contributed by atoms with van der Waals surface area (Å²) in [6.07, 6.45) is 0.0299. The first-order valence-electron chi connectivity index (χ1n) is 6.45. The van der Waals surface area contributed by atoms with Crippen molar-refractivity contribution < 1.29 is 14.3 Å². The number of hydrogen-bond acceptors (Lipinski definition) is 5. The number of ether oxygens (including phenoxy) is 2. The quantitative estimate of drug-likeness (QED) is 0.802. The van der Waals surface area contributed by atoms with Crippen LogP contribution in [0.4, 0.5) is 4.79 Å². The highest BCUT2D eigenvalue weighted by Gasteiger charge is 2.14. The molecule has 1 heterocycles. The van der Waals surface area contributed by atoms with Gasteiger partial charge in [0.2, 0.25) is 5.88 Å². The molecule has 0 atom stereocenters. The number of benzene rings is 1. The Morgan fingerprint density at radius 3 is 2.85 bits per heavy atom. The lowest BCUT2D eigenvalue weighted by molar-refractivity contribution is 0.102. The Bertz CT molecular complexity index is 607. The Labute approximate surface area is 122 Å². The molecule has 106 valence electrons. The number of hydrogen-bond donors (Lipinski definition) is 0. The summed E-state index contributed by atoms with van der Waals surface area (Å²) in [7, 11) is 0. The zero-order valence-corrected chi connectivity index (χ0v) is 12.6. The van der Waals surface area contributed by atoms with E-state index in [2.05, 4.69) is 30.1 Å². The van der Waals surface area contributed by atoms with Crippen LogP contribution in [0.15, 0.2) is 24.3 Å². The third-order valence-electron chi connectivity index (χ3n) is 2.68. The van der Waals surface area contributed by atoms with Crippen molar-refractivity contribution in [3.63, 3.8) is 0 Å². The van der Waals surface area contributed by atoms with Crippen LogP contribution in [0.3, 0.4) is 0 Å². The molecule has 0 saturated heterocycles. The smallest absolute Gasteiger partial charge is 0.434 e. The Morgan fingerprint density at radius 1 is 1.35 bits per heavy atom. The zero-order valence-electron chi connectivity index (χ0n) is 11.8. The zero-order chi connectivity index (χ0) is 14.5. The van der Waals surface area contributed by atoms with Gasteiger partial charge in [-0.25, -0.2) is 9.78 Å². The van der Waals surface area contributed by atoms with Crippen molar-refractivity contribution >= 4 is 17.5 Å². The molecule has 0 radical (unpaired) electrons. The van der Waals surface area contributed by atoms with E-state index in [1.807, 2.05) is 13.0 Å². The van der Waals surface area contributed by atoms with Crippen molar-refractivity contribution in [1.82, 2.24) is 4.98 Å². The normalized spacial score (nSPS) is 10.3. The lowest BCUT2D eigenvalue weighted by Gasteiger charge is -2.01. The van der Waals surface area contributed by atoms with E-state index in [1.54, 1.807) is 6.92 Å². The molecule has 20 heavy (non-hydrogen) atoms. The first-order chi connectivity index (χ1) is 9.58. The van der Waals surface area contributed by atoms with Gasteiger partial charge in [0, 0.05) is 6.42 Å². The van der Waals surface area contributed by atoms with Crippen LogP contribution in [-0.2, 0) is 11.2 Å². The van der Waals surface area contributed by atoms with E-state index in [4.69, 9.17) is 9.47 Å². The van der Waals surface area contributed by atoms with Gasteiger partial charge in [-0.1, -0.05) is 29.8 Å². The maximum absolute atomic E-state index is 11.3. The summed E-state index contributed by atoms with van der Waals surface area (Å²) in [5.41, 5.74) is 2.42. The molecule has 0 spiro atoms. The number of rotatable bonds is 4.